The fraction of sp³-hybridized carbons (Fsp3) is 0.872. The van der Waals surface area contributed by atoms with Crippen LogP contribution in [0.3, 0.4) is 0 Å². The van der Waals surface area contributed by atoms with Gasteiger partial charge in [0, 0.05) is 35.3 Å². The van der Waals surface area contributed by atoms with Crippen molar-refractivity contribution in [1.29, 1.82) is 0 Å². The van der Waals surface area contributed by atoms with Gasteiger partial charge in [-0.1, -0.05) is 20.8 Å². The molecule has 18 heteroatoms. The molecule has 7 rings (SSSR count). The second-order valence-electron chi connectivity index (χ2n) is 17.7. The van der Waals surface area contributed by atoms with Crippen LogP contribution in [0.2, 0.25) is 0 Å². The minimum absolute atomic E-state index is 0.0413. The molecule has 0 amide bonds. The minimum Gasteiger partial charge on any atom is -0.465 e. The number of aliphatic hydroxyl groups is 3. The van der Waals surface area contributed by atoms with Crippen molar-refractivity contribution in [2.45, 2.75) is 146 Å². The van der Waals surface area contributed by atoms with E-state index in [1.54, 1.807) is 6.92 Å². The van der Waals surface area contributed by atoms with Crippen LogP contribution in [0.25, 0.3) is 0 Å². The lowest BCUT2D eigenvalue weighted by atomic mass is 9.49. The van der Waals surface area contributed by atoms with Gasteiger partial charge in [-0.25, -0.2) is 14.4 Å². The Balaban J connectivity index is 0.993. The summed E-state index contributed by atoms with van der Waals surface area (Å²) < 4.78 is 61.6. The summed E-state index contributed by atoms with van der Waals surface area (Å²) in [6.45, 7) is 12.0. The van der Waals surface area contributed by atoms with Gasteiger partial charge in [-0.05, 0) is 76.7 Å². The van der Waals surface area contributed by atoms with Crippen LogP contribution in [0.1, 0.15) is 86.5 Å². The number of carbonyl (C=O) groups excluding carboxylic acids is 3. The van der Waals surface area contributed by atoms with Gasteiger partial charge in [0.1, 0.15) is 54.4 Å². The number of hydrogen-bond acceptors (Lipinski definition) is 16. The molecule has 3 saturated heterocycles. The lowest BCUT2D eigenvalue weighted by Crippen LogP contribution is -2.73. The minimum atomic E-state index is -4.12. The summed E-state index contributed by atoms with van der Waals surface area (Å²) in [5, 5.41) is 33.6. The number of epoxide rings is 1. The molecule has 4 aliphatic heterocycles. The molecule has 6 N–H and O–H groups in total. The van der Waals surface area contributed by atoms with E-state index in [-0.39, 0.29) is 86.3 Å². The Labute approximate surface area is 333 Å². The second-order valence-corrected chi connectivity index (χ2v) is 19.5. The van der Waals surface area contributed by atoms with Crippen molar-refractivity contribution in [3.63, 3.8) is 0 Å². The van der Waals surface area contributed by atoms with E-state index in [1.807, 2.05) is 6.92 Å². The van der Waals surface area contributed by atoms with Gasteiger partial charge < -0.3 is 49.5 Å². The molecule has 0 bridgehead atoms. The Hall–Kier alpha value is -2.02. The fourth-order valence-corrected chi connectivity index (χ4v) is 12.5. The highest BCUT2D eigenvalue weighted by Gasteiger charge is 2.93. The maximum atomic E-state index is 14.0. The van der Waals surface area contributed by atoms with Crippen LogP contribution >= 0.6 is 7.75 Å². The average Bonchev–Trinajstić information content (AvgIpc) is 4.08. The summed E-state index contributed by atoms with van der Waals surface area (Å²) in [5.74, 6) is -0.916. The van der Waals surface area contributed by atoms with Crippen molar-refractivity contribution in [2.75, 3.05) is 39.6 Å². The molecule has 0 aromatic rings. The molecule has 5 fully saturated rings. The highest BCUT2D eigenvalue weighted by atomic mass is 31.2. The number of cyclic esters (lactones) is 1. The quantitative estimate of drug-likeness (QED) is 0.0462. The first-order valence-corrected chi connectivity index (χ1v) is 22.1. The maximum absolute atomic E-state index is 14.0. The monoisotopic (exact) mass is 828 g/mol. The van der Waals surface area contributed by atoms with E-state index < -0.39 is 80.2 Å². The zero-order valence-electron chi connectivity index (χ0n) is 33.8. The number of carbonyl (C=O) groups is 3. The van der Waals surface area contributed by atoms with Crippen molar-refractivity contribution in [3.8, 4) is 0 Å². The van der Waals surface area contributed by atoms with Gasteiger partial charge in [-0.15, -0.1) is 0 Å². The molecule has 4 heterocycles. The first kappa shape index (κ1) is 43.1. The molecular weight excluding hydrogens is 767 g/mol. The Kier molecular flexibility index (Phi) is 11.9. The molecule has 3 aliphatic carbocycles. The van der Waals surface area contributed by atoms with Gasteiger partial charge in [-0.2, -0.15) is 0 Å². The smallest absolute Gasteiger partial charge is 0.405 e. The number of hydrogen-bond donors (Lipinski definition) is 5. The topological polar surface area (TPSA) is 244 Å². The summed E-state index contributed by atoms with van der Waals surface area (Å²) >= 11 is 0. The normalized spacial score (nSPS) is 43.1. The van der Waals surface area contributed by atoms with E-state index in [0.717, 1.165) is 24.0 Å². The molecule has 0 aromatic heterocycles. The number of rotatable bonds is 17. The van der Waals surface area contributed by atoms with E-state index >= 15 is 0 Å². The summed E-state index contributed by atoms with van der Waals surface area (Å²) in [5.41, 5.74) is 5.36. The van der Waals surface area contributed by atoms with Crippen LogP contribution in [-0.2, 0) is 56.4 Å². The van der Waals surface area contributed by atoms with Gasteiger partial charge >= 0.3 is 25.7 Å². The number of nitrogens with one attached hydrogen (secondary N) is 1. The summed E-state index contributed by atoms with van der Waals surface area (Å²) in [7, 11) is -4.12. The van der Waals surface area contributed by atoms with Crippen LogP contribution in [0.4, 0.5) is 0 Å². The third-order valence-corrected chi connectivity index (χ3v) is 16.0. The zero-order chi connectivity index (χ0) is 41.3. The van der Waals surface area contributed by atoms with E-state index in [9.17, 15) is 34.3 Å². The third kappa shape index (κ3) is 7.04. The third-order valence-electron chi connectivity index (χ3n) is 14.4. The van der Waals surface area contributed by atoms with Crippen molar-refractivity contribution in [2.24, 2.45) is 34.3 Å². The first-order chi connectivity index (χ1) is 26.9. The molecule has 7 aliphatic rings. The Morgan fingerprint density at radius 2 is 1.86 bits per heavy atom. The van der Waals surface area contributed by atoms with E-state index in [4.69, 9.17) is 43.2 Å². The molecule has 322 valence electrons. The molecule has 1 spiro atoms. The van der Waals surface area contributed by atoms with Crippen LogP contribution in [0, 0.1) is 28.6 Å². The van der Waals surface area contributed by atoms with Gasteiger partial charge in [0.15, 0.2) is 0 Å². The standard InChI is InChI=1S/C39H61N2O15P/c1-7-49-34(47)26(40)10-8-14-41-57(48,53-19-27-30(44)31(45)29(43)21(4)54-27)52-15-9-11-28(42)55-35-37(6)39(32(56-39)24-16-38(24,35)20(2)3)36(5)13-12-22-23(17-50-33(22)46)25(36)18-51-37/h20-21,24-27,29-32,35,43-45H,7-19,40H2,1-6H3,(H,41,48)/t21?,24-,25?,26?,27+,29+,30+,31+,32-,35-,36-,37+,38+,39+,57?/m0/s1. The van der Waals surface area contributed by atoms with E-state index in [2.05, 4.69) is 25.9 Å². The predicted molar refractivity (Wildman–Crippen MR) is 199 cm³/mol. The molecular formula is C39H61N2O15P. The highest BCUT2D eigenvalue weighted by molar-refractivity contribution is 7.51. The average molecular weight is 829 g/mol. The van der Waals surface area contributed by atoms with Crippen molar-refractivity contribution >= 4 is 25.7 Å². The molecule has 0 radical (unpaired) electrons. The molecule has 17 nitrogen and oxygen atoms in total. The number of nitrogens with two attached hydrogens (primary N) is 1. The van der Waals surface area contributed by atoms with Gasteiger partial charge in [0.25, 0.3) is 0 Å². The van der Waals surface area contributed by atoms with Gasteiger partial charge in [0.2, 0.25) is 0 Å². The fourth-order valence-electron chi connectivity index (χ4n) is 11.1. The Morgan fingerprint density at radius 3 is 2.58 bits per heavy atom. The Bertz CT molecular complexity index is 1660. The molecule has 4 unspecified atom stereocenters. The van der Waals surface area contributed by atoms with Crippen LogP contribution in [0.15, 0.2) is 11.1 Å². The first-order valence-electron chi connectivity index (χ1n) is 20.6. The zero-order valence-corrected chi connectivity index (χ0v) is 34.7. The molecule has 0 aromatic carbocycles. The Morgan fingerprint density at radius 1 is 1.11 bits per heavy atom. The highest BCUT2D eigenvalue weighted by Crippen LogP contribution is 2.82. The summed E-state index contributed by atoms with van der Waals surface area (Å²) in [6.07, 6.45) is -4.12. The van der Waals surface area contributed by atoms with Gasteiger partial charge in [0.05, 0.1) is 38.6 Å². The number of fused-ring (bicyclic) bond motifs is 4. The lowest BCUT2D eigenvalue weighted by Gasteiger charge is -2.61. The van der Waals surface area contributed by atoms with Crippen LogP contribution < -0.4 is 10.8 Å². The lowest BCUT2D eigenvalue weighted by molar-refractivity contribution is -0.265. The van der Waals surface area contributed by atoms with Gasteiger partial charge in [-0.3, -0.25) is 18.6 Å². The maximum Gasteiger partial charge on any atom is 0.405 e. The molecule has 57 heavy (non-hydrogen) atoms. The molecule has 15 atom stereocenters. The van der Waals surface area contributed by atoms with Crippen molar-refractivity contribution < 1.29 is 71.7 Å². The van der Waals surface area contributed by atoms with Crippen LogP contribution in [-0.4, -0.2) is 133 Å². The van der Waals surface area contributed by atoms with Crippen molar-refractivity contribution in [3.05, 3.63) is 11.1 Å². The largest absolute Gasteiger partial charge is 0.465 e. The summed E-state index contributed by atoms with van der Waals surface area (Å²) in [6, 6.07) is -0.873. The second kappa shape index (κ2) is 15.8. The van der Waals surface area contributed by atoms with Crippen LogP contribution in [0.5, 0.6) is 0 Å². The van der Waals surface area contributed by atoms with E-state index in [0.29, 0.717) is 19.4 Å². The predicted octanol–water partition coefficient (Wildman–Crippen LogP) is 1.82. The summed E-state index contributed by atoms with van der Waals surface area (Å²) in [4.78, 5) is 38.2. The number of aliphatic hydroxyl groups excluding tert-OH is 3. The SMILES string of the molecule is CCOC(=O)C(N)CCCNP(=O)(OCCCC(=O)O[C@@H]1[C@@]2(C(C)C)C[C@H]2[C@@H]2O[C@@]23[C@@]2(C)CCC4=C(COC4=O)C2CO[C@]13C)OC[C@H]1OC(C)[C@@H](O)[C@@H](O)[C@@H]1O. The van der Waals surface area contributed by atoms with Crippen molar-refractivity contribution in [1.82, 2.24) is 5.09 Å². The molecule has 2 saturated carbocycles. The van der Waals surface area contributed by atoms with E-state index in [1.165, 1.54) is 6.92 Å². The number of ether oxygens (including phenoxy) is 6. The number of esters is 3.